The highest BCUT2D eigenvalue weighted by Gasteiger charge is 2.22. The number of anilines is 1. The topological polar surface area (TPSA) is 137 Å². The zero-order valence-corrected chi connectivity index (χ0v) is 21.9. The van der Waals surface area contributed by atoms with Crippen LogP contribution >= 0.6 is 0 Å². The van der Waals surface area contributed by atoms with E-state index < -0.39 is 0 Å². The third-order valence-corrected chi connectivity index (χ3v) is 5.00. The number of nitrogens with two attached hydrogens (primary N) is 1. The molecule has 0 aliphatic carbocycles. The number of amides is 2. The van der Waals surface area contributed by atoms with Gasteiger partial charge in [-0.25, -0.2) is 0 Å². The van der Waals surface area contributed by atoms with E-state index in [2.05, 4.69) is 0 Å². The lowest BCUT2D eigenvalue weighted by Gasteiger charge is -2.13. The summed E-state index contributed by atoms with van der Waals surface area (Å²) in [4.78, 5) is 23.9. The largest absolute Gasteiger partial charge is 0.489 e. The summed E-state index contributed by atoms with van der Waals surface area (Å²) < 4.78 is 43.5. The molecule has 0 unspecified atom stereocenters. The predicted octanol–water partition coefficient (Wildman–Crippen LogP) is 0.689. The Kier molecular flexibility index (Phi) is 17.8. The van der Waals surface area contributed by atoms with Crippen LogP contribution in [0, 0.1) is 0 Å². The molecule has 1 aromatic carbocycles. The van der Waals surface area contributed by atoms with Gasteiger partial charge < -0.3 is 43.6 Å². The van der Waals surface area contributed by atoms with Gasteiger partial charge in [0.05, 0.1) is 105 Å². The molecule has 0 saturated carbocycles. The molecule has 1 heterocycles. The molecule has 12 nitrogen and oxygen atoms in total. The van der Waals surface area contributed by atoms with E-state index in [9.17, 15) is 9.59 Å². The summed E-state index contributed by atoms with van der Waals surface area (Å²) in [5, 5.41) is 0. The third-order valence-electron chi connectivity index (χ3n) is 5.00. The van der Waals surface area contributed by atoms with E-state index in [4.69, 9.17) is 43.6 Å². The van der Waals surface area contributed by atoms with Gasteiger partial charge in [-0.2, -0.15) is 0 Å². The Morgan fingerprint density at radius 1 is 0.526 bits per heavy atom. The molecule has 2 rings (SSSR count). The molecule has 0 bridgehead atoms. The van der Waals surface area contributed by atoms with E-state index in [1.165, 1.54) is 12.2 Å². The van der Waals surface area contributed by atoms with Crippen LogP contribution in [0.3, 0.4) is 0 Å². The zero-order chi connectivity index (χ0) is 27.1. The lowest BCUT2D eigenvalue weighted by Crippen LogP contribution is -2.33. The van der Waals surface area contributed by atoms with Crippen molar-refractivity contribution in [3.63, 3.8) is 0 Å². The van der Waals surface area contributed by atoms with Crippen LogP contribution in [-0.4, -0.2) is 122 Å². The molecule has 0 atom stereocenters. The van der Waals surface area contributed by atoms with Crippen LogP contribution in [0.2, 0.25) is 0 Å². The van der Waals surface area contributed by atoms with Gasteiger partial charge in [0.2, 0.25) is 0 Å². The van der Waals surface area contributed by atoms with E-state index in [0.29, 0.717) is 104 Å². The van der Waals surface area contributed by atoms with Crippen molar-refractivity contribution in [3.8, 4) is 5.75 Å². The van der Waals surface area contributed by atoms with E-state index in [1.54, 1.807) is 6.07 Å². The van der Waals surface area contributed by atoms with Crippen molar-refractivity contribution in [1.82, 2.24) is 4.90 Å². The monoisotopic (exact) mass is 540 g/mol. The summed E-state index contributed by atoms with van der Waals surface area (Å²) >= 11 is 0. The fourth-order valence-corrected chi connectivity index (χ4v) is 3.05. The van der Waals surface area contributed by atoms with E-state index in [-0.39, 0.29) is 25.0 Å². The standard InChI is InChI=1S/C26H40N2O10/c27-23-3-1-2-4-24(23)38-22-21-37-20-19-36-18-17-35-16-15-34-14-13-33-12-11-32-10-9-31-8-7-28-25(29)5-6-26(28)30/h1-6H,7-22,27H2. The second-order valence-corrected chi connectivity index (χ2v) is 7.83. The minimum Gasteiger partial charge on any atom is -0.489 e. The lowest BCUT2D eigenvalue weighted by atomic mass is 10.3. The first-order valence-electron chi connectivity index (χ1n) is 12.7. The molecule has 0 spiro atoms. The fraction of sp³-hybridized carbons (Fsp3) is 0.615. The molecular formula is C26H40N2O10. The second-order valence-electron chi connectivity index (χ2n) is 7.83. The minimum absolute atomic E-state index is 0.242. The van der Waals surface area contributed by atoms with Gasteiger partial charge in [0.1, 0.15) is 12.4 Å². The molecule has 1 aromatic rings. The SMILES string of the molecule is Nc1ccccc1OCCOCCOCCOCCOCCOCCOCCOCCN1C(=O)C=CC1=O. The summed E-state index contributed by atoms with van der Waals surface area (Å²) in [5.74, 6) is 0.0511. The summed E-state index contributed by atoms with van der Waals surface area (Å²) in [6, 6.07) is 7.35. The lowest BCUT2D eigenvalue weighted by molar-refractivity contribution is -0.137. The van der Waals surface area contributed by atoms with Crippen LogP contribution in [0.4, 0.5) is 5.69 Å². The van der Waals surface area contributed by atoms with Crippen LogP contribution in [0.5, 0.6) is 5.75 Å². The number of ether oxygens (including phenoxy) is 8. The van der Waals surface area contributed by atoms with Crippen LogP contribution < -0.4 is 10.5 Å². The van der Waals surface area contributed by atoms with Crippen LogP contribution in [0.25, 0.3) is 0 Å². The van der Waals surface area contributed by atoms with Crippen molar-refractivity contribution in [2.24, 2.45) is 0 Å². The molecule has 214 valence electrons. The van der Waals surface area contributed by atoms with Crippen molar-refractivity contribution < 1.29 is 47.5 Å². The summed E-state index contributed by atoms with van der Waals surface area (Å²) in [7, 11) is 0. The number of para-hydroxylation sites is 2. The molecule has 1 aliphatic heterocycles. The summed E-state index contributed by atoms with van der Waals surface area (Å²) in [6.45, 7) is 6.98. The van der Waals surface area contributed by atoms with Gasteiger partial charge in [0.25, 0.3) is 11.8 Å². The zero-order valence-electron chi connectivity index (χ0n) is 21.9. The molecule has 2 N–H and O–H groups in total. The van der Waals surface area contributed by atoms with Gasteiger partial charge in [-0.05, 0) is 12.1 Å². The Balaban J connectivity index is 1.20. The number of hydrogen-bond donors (Lipinski definition) is 1. The van der Waals surface area contributed by atoms with Crippen molar-refractivity contribution in [2.45, 2.75) is 0 Å². The molecule has 0 aromatic heterocycles. The van der Waals surface area contributed by atoms with E-state index >= 15 is 0 Å². The molecule has 0 fully saturated rings. The average Bonchev–Trinajstić information content (AvgIpc) is 3.24. The number of nitrogens with zero attached hydrogens (tertiary/aromatic N) is 1. The third kappa shape index (κ3) is 15.0. The Bertz CT molecular complexity index is 790. The van der Waals surface area contributed by atoms with E-state index in [0.717, 1.165) is 4.90 Å². The molecular weight excluding hydrogens is 500 g/mol. The molecule has 2 amide bonds. The summed E-state index contributed by atoms with van der Waals surface area (Å²) in [5.41, 5.74) is 6.41. The quantitative estimate of drug-likeness (QED) is 0.107. The van der Waals surface area contributed by atoms with Gasteiger partial charge >= 0.3 is 0 Å². The first kappa shape index (κ1) is 31.6. The van der Waals surface area contributed by atoms with E-state index in [1.807, 2.05) is 18.2 Å². The Hall–Kier alpha value is -2.58. The van der Waals surface area contributed by atoms with Crippen LogP contribution in [-0.2, 0) is 42.7 Å². The predicted molar refractivity (Wildman–Crippen MR) is 138 cm³/mol. The maximum Gasteiger partial charge on any atom is 0.253 e. The molecule has 0 saturated heterocycles. The van der Waals surface area contributed by atoms with Gasteiger partial charge in [0.15, 0.2) is 0 Å². The number of carbonyl (C=O) groups excluding carboxylic acids is 2. The Morgan fingerprint density at radius 3 is 1.32 bits per heavy atom. The van der Waals surface area contributed by atoms with Crippen LogP contribution in [0.1, 0.15) is 0 Å². The normalized spacial score (nSPS) is 13.1. The number of carbonyl (C=O) groups is 2. The number of rotatable bonds is 25. The first-order valence-corrected chi connectivity index (χ1v) is 12.7. The highest BCUT2D eigenvalue weighted by atomic mass is 16.6. The number of imide groups is 1. The number of hydrogen-bond acceptors (Lipinski definition) is 11. The van der Waals surface area contributed by atoms with Crippen molar-refractivity contribution in [1.29, 1.82) is 0 Å². The molecule has 0 radical (unpaired) electrons. The first-order chi connectivity index (χ1) is 18.7. The van der Waals surface area contributed by atoms with Gasteiger partial charge in [-0.3, -0.25) is 14.5 Å². The Morgan fingerprint density at radius 2 is 0.895 bits per heavy atom. The van der Waals surface area contributed by atoms with Gasteiger partial charge in [-0.1, -0.05) is 12.1 Å². The minimum atomic E-state index is -0.305. The van der Waals surface area contributed by atoms with Crippen molar-refractivity contribution in [3.05, 3.63) is 36.4 Å². The smallest absolute Gasteiger partial charge is 0.253 e. The maximum absolute atomic E-state index is 11.4. The fourth-order valence-electron chi connectivity index (χ4n) is 3.05. The van der Waals surface area contributed by atoms with Gasteiger partial charge in [-0.15, -0.1) is 0 Å². The highest BCUT2D eigenvalue weighted by Crippen LogP contribution is 2.19. The number of nitrogen functional groups attached to an aromatic ring is 1. The molecule has 38 heavy (non-hydrogen) atoms. The number of benzene rings is 1. The second kappa shape index (κ2) is 21.4. The molecule has 12 heteroatoms. The average molecular weight is 541 g/mol. The maximum atomic E-state index is 11.4. The van der Waals surface area contributed by atoms with Crippen molar-refractivity contribution >= 4 is 17.5 Å². The molecule has 1 aliphatic rings. The Labute approximate surface area is 223 Å². The van der Waals surface area contributed by atoms with Crippen molar-refractivity contribution in [2.75, 3.05) is 111 Å². The van der Waals surface area contributed by atoms with Crippen LogP contribution in [0.15, 0.2) is 36.4 Å². The highest BCUT2D eigenvalue weighted by molar-refractivity contribution is 6.12. The summed E-state index contributed by atoms with van der Waals surface area (Å²) in [6.07, 6.45) is 2.51. The van der Waals surface area contributed by atoms with Gasteiger partial charge in [0, 0.05) is 12.2 Å².